The monoisotopic (exact) mass is 330 g/mol. The van der Waals surface area contributed by atoms with E-state index >= 15 is 0 Å². The van der Waals surface area contributed by atoms with E-state index < -0.39 is 12.2 Å². The molecule has 0 aliphatic heterocycles. The first-order chi connectivity index (χ1) is 7.39. The molecular weight excluding hydrogens is 324 g/mol. The molecule has 2 rings (SSSR count). The summed E-state index contributed by atoms with van der Waals surface area (Å²) < 4.78 is 42.7. The van der Waals surface area contributed by atoms with Gasteiger partial charge in [0, 0.05) is 9.86 Å². The molecule has 1 aromatic carbocycles. The Kier molecular flexibility index (Phi) is 4.06. The number of aromatic nitrogens is 1. The van der Waals surface area contributed by atoms with Crippen LogP contribution in [0.3, 0.4) is 0 Å². The standard InChI is InChI=1S/C9H6BrF3N2O.ClH/c10-4-1-2-5-6(3-4)16-15-7(5)8(14)9(11,12)13;/h1-3,8H,14H2;1H. The highest BCUT2D eigenvalue weighted by molar-refractivity contribution is 9.10. The molecule has 0 aliphatic carbocycles. The second-order valence-corrected chi connectivity index (χ2v) is 4.14. The second kappa shape index (κ2) is 4.83. The lowest BCUT2D eigenvalue weighted by Crippen LogP contribution is -2.28. The van der Waals surface area contributed by atoms with E-state index in [-0.39, 0.29) is 29.1 Å². The Hall–Kier alpha value is -0.790. The number of fused-ring (bicyclic) bond motifs is 1. The zero-order chi connectivity index (χ0) is 11.9. The molecule has 1 unspecified atom stereocenters. The number of benzene rings is 1. The molecule has 0 radical (unpaired) electrons. The number of nitrogens with two attached hydrogens (primary N) is 1. The van der Waals surface area contributed by atoms with Crippen LogP contribution in [0.4, 0.5) is 13.2 Å². The van der Waals surface area contributed by atoms with E-state index in [1.54, 1.807) is 6.07 Å². The van der Waals surface area contributed by atoms with Crippen LogP contribution in [0.1, 0.15) is 11.7 Å². The maximum Gasteiger partial charge on any atom is 0.409 e. The number of hydrogen-bond acceptors (Lipinski definition) is 3. The minimum absolute atomic E-state index is 0. The van der Waals surface area contributed by atoms with Gasteiger partial charge in [-0.2, -0.15) is 13.2 Å². The fourth-order valence-corrected chi connectivity index (χ4v) is 1.65. The van der Waals surface area contributed by atoms with Crippen molar-refractivity contribution < 1.29 is 17.7 Å². The molecule has 0 saturated heterocycles. The maximum absolute atomic E-state index is 12.4. The molecule has 0 bridgehead atoms. The second-order valence-electron chi connectivity index (χ2n) is 3.23. The molecule has 0 aliphatic rings. The predicted octanol–water partition coefficient (Wildman–Crippen LogP) is 3.57. The summed E-state index contributed by atoms with van der Waals surface area (Å²) in [5.41, 5.74) is 5.03. The molecule has 2 aromatic rings. The van der Waals surface area contributed by atoms with Crippen molar-refractivity contribution in [2.24, 2.45) is 5.73 Å². The molecular formula is C9H7BrClF3N2O. The van der Waals surface area contributed by atoms with Crippen molar-refractivity contribution in [1.82, 2.24) is 5.16 Å². The van der Waals surface area contributed by atoms with E-state index in [0.717, 1.165) is 0 Å². The molecule has 0 saturated carbocycles. The van der Waals surface area contributed by atoms with Gasteiger partial charge in [0.25, 0.3) is 0 Å². The third kappa shape index (κ3) is 2.72. The van der Waals surface area contributed by atoms with Crippen LogP contribution in [0.5, 0.6) is 0 Å². The van der Waals surface area contributed by atoms with E-state index in [1.165, 1.54) is 12.1 Å². The van der Waals surface area contributed by atoms with Crippen LogP contribution < -0.4 is 5.73 Å². The van der Waals surface area contributed by atoms with Gasteiger partial charge >= 0.3 is 6.18 Å². The van der Waals surface area contributed by atoms with Crippen LogP contribution in [-0.2, 0) is 0 Å². The number of nitrogens with zero attached hydrogens (tertiary/aromatic N) is 1. The van der Waals surface area contributed by atoms with E-state index in [9.17, 15) is 13.2 Å². The van der Waals surface area contributed by atoms with E-state index in [0.29, 0.717) is 4.47 Å². The lowest BCUT2D eigenvalue weighted by atomic mass is 10.1. The highest BCUT2D eigenvalue weighted by Gasteiger charge is 2.40. The third-order valence-electron chi connectivity index (χ3n) is 2.11. The van der Waals surface area contributed by atoms with Crippen LogP contribution in [0.25, 0.3) is 11.0 Å². The highest BCUT2D eigenvalue weighted by atomic mass is 79.9. The van der Waals surface area contributed by atoms with Gasteiger partial charge in [-0.3, -0.25) is 0 Å². The lowest BCUT2D eigenvalue weighted by molar-refractivity contribution is -0.150. The summed E-state index contributed by atoms with van der Waals surface area (Å²) in [5.74, 6) is 0. The summed E-state index contributed by atoms with van der Waals surface area (Å²) in [6.07, 6.45) is -4.53. The van der Waals surface area contributed by atoms with Crippen molar-refractivity contribution in [3.8, 4) is 0 Å². The topological polar surface area (TPSA) is 52.0 Å². The van der Waals surface area contributed by atoms with E-state index in [1.807, 2.05) is 0 Å². The normalized spacial score (nSPS) is 13.5. The van der Waals surface area contributed by atoms with Gasteiger partial charge in [0.2, 0.25) is 0 Å². The van der Waals surface area contributed by atoms with Gasteiger partial charge in [-0.1, -0.05) is 21.1 Å². The van der Waals surface area contributed by atoms with Crippen molar-refractivity contribution in [3.05, 3.63) is 28.4 Å². The minimum atomic E-state index is -4.53. The van der Waals surface area contributed by atoms with Crippen molar-refractivity contribution in [2.75, 3.05) is 0 Å². The average Bonchev–Trinajstić information content (AvgIpc) is 2.57. The first-order valence-corrected chi connectivity index (χ1v) is 5.06. The number of rotatable bonds is 1. The van der Waals surface area contributed by atoms with Gasteiger partial charge in [-0.15, -0.1) is 12.4 Å². The molecule has 8 heteroatoms. The lowest BCUT2D eigenvalue weighted by Gasteiger charge is -2.12. The quantitative estimate of drug-likeness (QED) is 0.869. The molecule has 0 amide bonds. The van der Waals surface area contributed by atoms with Crippen LogP contribution in [0.15, 0.2) is 27.2 Å². The zero-order valence-corrected chi connectivity index (χ0v) is 10.6. The van der Waals surface area contributed by atoms with Crippen molar-refractivity contribution in [3.63, 3.8) is 0 Å². The maximum atomic E-state index is 12.4. The first kappa shape index (κ1) is 14.3. The largest absolute Gasteiger partial charge is 0.409 e. The van der Waals surface area contributed by atoms with Gasteiger partial charge in [0.05, 0.1) is 0 Å². The van der Waals surface area contributed by atoms with Gasteiger partial charge in [0.1, 0.15) is 11.7 Å². The zero-order valence-electron chi connectivity index (χ0n) is 8.16. The Morgan fingerprint density at radius 3 is 2.59 bits per heavy atom. The van der Waals surface area contributed by atoms with Gasteiger partial charge in [-0.25, -0.2) is 0 Å². The molecule has 0 fully saturated rings. The Morgan fingerprint density at radius 1 is 1.35 bits per heavy atom. The van der Waals surface area contributed by atoms with Gasteiger partial charge in [0.15, 0.2) is 5.58 Å². The minimum Gasteiger partial charge on any atom is -0.356 e. The van der Waals surface area contributed by atoms with Crippen LogP contribution in [0.2, 0.25) is 0 Å². The summed E-state index contributed by atoms with van der Waals surface area (Å²) >= 11 is 3.18. The molecule has 1 atom stereocenters. The summed E-state index contributed by atoms with van der Waals surface area (Å²) in [4.78, 5) is 0. The number of halogens is 5. The molecule has 17 heavy (non-hydrogen) atoms. The van der Waals surface area contributed by atoms with E-state index in [4.69, 9.17) is 10.3 Å². The number of hydrogen-bond donors (Lipinski definition) is 1. The fraction of sp³-hybridized carbons (Fsp3) is 0.222. The third-order valence-corrected chi connectivity index (χ3v) is 2.60. The Morgan fingerprint density at radius 2 is 2.00 bits per heavy atom. The highest BCUT2D eigenvalue weighted by Crippen LogP contribution is 2.34. The van der Waals surface area contributed by atoms with Crippen LogP contribution in [0, 0.1) is 0 Å². The SMILES string of the molecule is Cl.NC(c1noc2cc(Br)ccc12)C(F)(F)F. The van der Waals surface area contributed by atoms with Crippen molar-refractivity contribution >= 4 is 39.3 Å². The smallest absolute Gasteiger partial charge is 0.356 e. The van der Waals surface area contributed by atoms with E-state index in [2.05, 4.69) is 21.1 Å². The number of alkyl halides is 3. The van der Waals surface area contributed by atoms with Gasteiger partial charge in [-0.05, 0) is 18.2 Å². The fourth-order valence-electron chi connectivity index (χ4n) is 1.31. The Balaban J connectivity index is 0.00000144. The molecule has 2 N–H and O–H groups in total. The van der Waals surface area contributed by atoms with Crippen molar-refractivity contribution in [2.45, 2.75) is 12.2 Å². The molecule has 1 heterocycles. The summed E-state index contributed by atoms with van der Waals surface area (Å²) in [6.45, 7) is 0. The Labute approximate surface area is 109 Å². The molecule has 3 nitrogen and oxygen atoms in total. The molecule has 0 spiro atoms. The van der Waals surface area contributed by atoms with Crippen LogP contribution >= 0.6 is 28.3 Å². The van der Waals surface area contributed by atoms with Crippen LogP contribution in [-0.4, -0.2) is 11.3 Å². The van der Waals surface area contributed by atoms with Crippen molar-refractivity contribution in [1.29, 1.82) is 0 Å². The summed E-state index contributed by atoms with van der Waals surface area (Å²) in [6, 6.07) is 2.49. The average molecular weight is 332 g/mol. The Bertz CT molecular complexity index is 528. The predicted molar refractivity (Wildman–Crippen MR) is 61.9 cm³/mol. The summed E-state index contributed by atoms with van der Waals surface area (Å²) in [7, 11) is 0. The molecule has 1 aromatic heterocycles. The molecule has 94 valence electrons. The van der Waals surface area contributed by atoms with Gasteiger partial charge < -0.3 is 10.3 Å². The summed E-state index contributed by atoms with van der Waals surface area (Å²) in [5, 5.41) is 3.63. The first-order valence-electron chi connectivity index (χ1n) is 4.26.